The monoisotopic (exact) mass is 1750 g/mol. The predicted octanol–water partition coefficient (Wildman–Crippen LogP) is 3.48. The molecule has 7 aromatic rings. The van der Waals surface area contributed by atoms with Crippen LogP contribution in [-0.4, -0.2) is 204 Å². The Hall–Kier alpha value is -10.8. The molecular formula is C80H86Cl4N12O25. The van der Waals surface area contributed by atoms with E-state index in [1.807, 2.05) is 13.8 Å². The fraction of sp³-hybridized carbons (Fsp3) is 0.375. The normalized spacial score (nSPS) is 26.4. The molecule has 0 aliphatic carbocycles. The number of halogens is 4. The lowest BCUT2D eigenvalue weighted by molar-refractivity contribution is -0.334. The van der Waals surface area contributed by atoms with Crippen molar-refractivity contribution < 1.29 is 122 Å². The first-order valence-electron chi connectivity index (χ1n) is 37.7. The molecule has 1 aromatic heterocycles. The van der Waals surface area contributed by atoms with Crippen LogP contribution in [-0.2, 0) is 63.9 Å². The third-order valence-electron chi connectivity index (χ3n) is 20.8. The Morgan fingerprint density at radius 3 is 1.96 bits per heavy atom. The third kappa shape index (κ3) is 20.0. The molecule has 41 heteroatoms. The maximum Gasteiger partial charge on any atom is 0.270 e. The van der Waals surface area contributed by atoms with Gasteiger partial charge in [-0.25, -0.2) is 5.48 Å². The summed E-state index contributed by atoms with van der Waals surface area (Å²) < 4.78 is 39.5. The summed E-state index contributed by atoms with van der Waals surface area (Å²) in [4.78, 5) is 142. The quantitative estimate of drug-likeness (QED) is 0.0515. The highest BCUT2D eigenvalue weighted by Gasteiger charge is 2.52. The molecule has 121 heavy (non-hydrogen) atoms. The van der Waals surface area contributed by atoms with Gasteiger partial charge in [0, 0.05) is 57.5 Å². The number of primary amides is 1. The van der Waals surface area contributed by atoms with Crippen LogP contribution in [0.5, 0.6) is 46.0 Å². The van der Waals surface area contributed by atoms with Crippen LogP contribution in [0.4, 0.5) is 5.69 Å². The first-order valence-corrected chi connectivity index (χ1v) is 39.2. The summed E-state index contributed by atoms with van der Waals surface area (Å²) in [5, 5.41) is 130. The minimum absolute atomic E-state index is 0.0167. The van der Waals surface area contributed by atoms with Crippen LogP contribution in [0.1, 0.15) is 121 Å². The number of aromatic nitrogens is 1. The van der Waals surface area contributed by atoms with Gasteiger partial charge in [0.15, 0.2) is 23.9 Å². The van der Waals surface area contributed by atoms with Gasteiger partial charge in [0.25, 0.3) is 11.8 Å². The predicted molar refractivity (Wildman–Crippen MR) is 428 cm³/mol. The van der Waals surface area contributed by atoms with E-state index in [0.29, 0.717) is 5.56 Å². The molecule has 21 N–H and O–H groups in total. The van der Waals surface area contributed by atoms with Crippen molar-refractivity contribution in [3.63, 3.8) is 0 Å². The Kier molecular flexibility index (Phi) is 27.8. The largest absolute Gasteiger partial charge is 0.508 e. The van der Waals surface area contributed by atoms with E-state index >= 15 is 24.0 Å². The van der Waals surface area contributed by atoms with Gasteiger partial charge in [0.05, 0.1) is 60.3 Å². The van der Waals surface area contributed by atoms with Crippen LogP contribution in [0.3, 0.4) is 0 Å². The SMILES string of the molecule is CNC(CC(C)C)C(=O)NC1C(=O)NC(CC(N)=O)C(=O)NC2C(=O)NC3C(=O)NC(C(=O)N[C@@H](C(=O)NOC)c4cc(O)cc(O)c4-c4cc3ccc4O)C(O)c3ccc(c(Cl)c3)Oc3cc2cc(c3OC2OC(CO)C(O)C(O)C2OC2C[C@@](C)(NCc3cncc(NC(=O)c4cc(Cl)cc(Cl)c4)c3)C(O)C(C)O2)Oc2ccc(cc2Cl)C1O. The molecule has 644 valence electrons. The van der Waals surface area contributed by atoms with Gasteiger partial charge in [-0.1, -0.05) is 78.5 Å². The van der Waals surface area contributed by atoms with E-state index in [0.717, 1.165) is 73.8 Å². The summed E-state index contributed by atoms with van der Waals surface area (Å²) in [5.74, 6) is -15.9. The summed E-state index contributed by atoms with van der Waals surface area (Å²) in [7, 11) is 2.51. The van der Waals surface area contributed by atoms with Crippen molar-refractivity contribution in [2.45, 2.75) is 163 Å². The molecule has 0 spiro atoms. The lowest BCUT2D eigenvalue weighted by atomic mass is 9.84. The molecule has 37 nitrogen and oxygen atoms in total. The number of carbonyl (C=O) groups is 9. The second kappa shape index (κ2) is 37.7. The number of carbonyl (C=O) groups excluding carboxylic acids is 9. The number of phenolic OH excluding ortho intramolecular Hbond substituents is 3. The van der Waals surface area contributed by atoms with Crippen molar-refractivity contribution in [2.24, 2.45) is 11.7 Å². The van der Waals surface area contributed by atoms with Gasteiger partial charge in [-0.2, -0.15) is 0 Å². The van der Waals surface area contributed by atoms with Crippen LogP contribution in [0.25, 0.3) is 11.1 Å². The van der Waals surface area contributed by atoms with Crippen LogP contribution < -0.4 is 73.3 Å². The fourth-order valence-corrected chi connectivity index (χ4v) is 15.6. The summed E-state index contributed by atoms with van der Waals surface area (Å²) in [6.45, 7) is 5.76. The Bertz CT molecular complexity index is 5150. The summed E-state index contributed by atoms with van der Waals surface area (Å²) in [6.07, 6.45) is -16.4. The number of aliphatic hydroxyl groups is 6. The zero-order valence-corrected chi connectivity index (χ0v) is 68.0. The molecule has 9 amide bonds. The van der Waals surface area contributed by atoms with Gasteiger partial charge in [0.1, 0.15) is 95.5 Å². The number of nitrogens with zero attached hydrogens (tertiary/aromatic N) is 1. The van der Waals surface area contributed by atoms with E-state index < -0.39 is 243 Å². The molecule has 16 unspecified atom stereocenters. The third-order valence-corrected chi connectivity index (χ3v) is 21.9. The average Bonchev–Trinajstić information content (AvgIpc) is 0.764. The molecule has 0 saturated carbocycles. The van der Waals surface area contributed by atoms with Gasteiger partial charge >= 0.3 is 0 Å². The molecule has 2 fully saturated rings. The second-order valence-corrected chi connectivity index (χ2v) is 31.7. The van der Waals surface area contributed by atoms with E-state index in [1.54, 1.807) is 13.0 Å². The number of nitrogens with one attached hydrogen (secondary N) is 10. The number of amides is 9. The van der Waals surface area contributed by atoms with Gasteiger partial charge in [-0.05, 0) is 145 Å². The Balaban J connectivity index is 1.03. The summed E-state index contributed by atoms with van der Waals surface area (Å²) in [5.41, 5.74) is 4.79. The molecule has 11 bridgehead atoms. The van der Waals surface area contributed by atoms with Crippen molar-refractivity contribution in [3.05, 3.63) is 175 Å². The number of hydrogen-bond acceptors (Lipinski definition) is 28. The zero-order valence-electron chi connectivity index (χ0n) is 65.0. The number of hydrogen-bond donors (Lipinski definition) is 20. The maximum absolute atomic E-state index is 16.3. The fourth-order valence-electron chi connectivity index (χ4n) is 14.7. The van der Waals surface area contributed by atoms with Crippen molar-refractivity contribution in [3.8, 4) is 57.1 Å². The number of ether oxygens (including phenoxy) is 6. The number of fused-ring (bicyclic) bond motifs is 15. The number of benzene rings is 6. The van der Waals surface area contributed by atoms with E-state index in [1.165, 1.54) is 56.7 Å². The molecule has 7 aliphatic heterocycles. The van der Waals surface area contributed by atoms with Crippen molar-refractivity contribution >= 4 is 105 Å². The molecule has 14 rings (SSSR count). The van der Waals surface area contributed by atoms with Crippen LogP contribution in [0.2, 0.25) is 20.1 Å². The van der Waals surface area contributed by atoms with Gasteiger partial charge in [-0.3, -0.25) is 53.0 Å². The minimum atomic E-state index is -2.38. The number of aliphatic hydroxyl groups excluding tert-OH is 6. The van der Waals surface area contributed by atoms with Crippen molar-refractivity contribution in [1.82, 2.24) is 53.0 Å². The molecule has 2 saturated heterocycles. The highest BCUT2D eigenvalue weighted by Crippen LogP contribution is 2.50. The first-order chi connectivity index (χ1) is 57.4. The molecule has 18 atom stereocenters. The zero-order chi connectivity index (χ0) is 87.5. The standard InChI is InChI=1S/C80H86Cl4N12O25/c1-31(2)13-47(86-5)72(108)94-62-64(102)35-8-11-51(45(83)18-35)117-53-20-37-21-54(68(53)121-79-69(67(105)66(104)55(30-97)119-79)120-57-26-80(4,70(106)32(3)116-57)88-28-33-14-41(29-87-27-33)89-71(107)38-15-39(81)22-40(82)16-38)118-52-12-9-36(19-46(52)84)65(103)63-77(113)93-61(78(114)96-115-6)44-23-42(98)24-50(100)58(44)43-17-34(7-10-49(43)99)59(74(110)95-63)92-75(111)60(37)91-73(109)48(25-56(85)101)90-76(62)112/h7-12,14-24,27,29,31-32,47-48,55,57,59-67,69-70,79,86,88,97-100,102-106H,13,25-26,28,30H2,1-6H3,(H2,85,101)(H,89,107)(H,90,112)(H,91,109)(H,92,111)(H,93,113)(H,94,108)(H,95,110)(H,96,114)/t32?,47?,48?,55?,57?,59?,60?,61-,62?,63?,64?,65?,66?,67?,69?,70?,79?,80-/m1/s1. The van der Waals surface area contributed by atoms with E-state index in [-0.39, 0.29) is 74.1 Å². The number of hydroxylamine groups is 1. The van der Waals surface area contributed by atoms with E-state index in [4.69, 9.17) is 85.4 Å². The van der Waals surface area contributed by atoms with E-state index in [9.17, 15) is 65.1 Å². The number of pyridine rings is 1. The number of rotatable bonds is 19. The molecule has 7 aliphatic rings. The smallest absolute Gasteiger partial charge is 0.270 e. The highest BCUT2D eigenvalue weighted by molar-refractivity contribution is 6.35. The lowest BCUT2D eigenvalue weighted by Gasteiger charge is -2.48. The van der Waals surface area contributed by atoms with Crippen LogP contribution in [0, 0.1) is 5.92 Å². The average molecular weight is 1760 g/mol. The Morgan fingerprint density at radius 1 is 0.694 bits per heavy atom. The second-order valence-electron chi connectivity index (χ2n) is 30.0. The minimum Gasteiger partial charge on any atom is -0.508 e. The highest BCUT2D eigenvalue weighted by atomic mass is 35.5. The molecular weight excluding hydrogens is 1670 g/mol. The number of likely N-dealkylation sites (N-methyl/N-ethyl adjacent to an activating group) is 1. The van der Waals surface area contributed by atoms with Gasteiger partial charge < -0.3 is 128 Å². The maximum atomic E-state index is 16.3. The van der Waals surface area contributed by atoms with Crippen molar-refractivity contribution in [2.75, 3.05) is 26.1 Å². The van der Waals surface area contributed by atoms with Crippen LogP contribution in [0.15, 0.2) is 116 Å². The summed E-state index contributed by atoms with van der Waals surface area (Å²) >= 11 is 26.7. The molecule has 6 aromatic carbocycles. The van der Waals surface area contributed by atoms with Gasteiger partial charge in [-0.15, -0.1) is 0 Å². The topological polar surface area (TPSA) is 560 Å². The molecule has 8 heterocycles. The first kappa shape index (κ1) is 89.4. The number of nitrogens with two attached hydrogens (primary N) is 1. The van der Waals surface area contributed by atoms with E-state index in [2.05, 4.69) is 58.3 Å². The lowest BCUT2D eigenvalue weighted by Crippen LogP contribution is -2.65. The van der Waals surface area contributed by atoms with Gasteiger partial charge in [0.2, 0.25) is 53.4 Å². The van der Waals surface area contributed by atoms with Crippen molar-refractivity contribution in [1.29, 1.82) is 0 Å². The Labute approximate surface area is 709 Å². The Morgan fingerprint density at radius 2 is 1.33 bits per heavy atom. The molecule has 0 radical (unpaired) electrons. The number of aromatic hydroxyl groups is 3. The summed E-state index contributed by atoms with van der Waals surface area (Å²) in [6, 6.07) is 5.61. The number of anilines is 1. The van der Waals surface area contributed by atoms with Crippen LogP contribution >= 0.6 is 46.4 Å². The number of phenols is 3.